The molecule has 7 nitrogen and oxygen atoms in total. The van der Waals surface area contributed by atoms with E-state index in [1.165, 1.54) is 0 Å². The molecule has 0 bridgehead atoms. The van der Waals surface area contributed by atoms with Gasteiger partial charge in [0.25, 0.3) is 0 Å². The Kier molecular flexibility index (Phi) is 9.97. The third-order valence-electron chi connectivity index (χ3n) is 6.92. The van der Waals surface area contributed by atoms with Crippen LogP contribution in [-0.2, 0) is 16.0 Å². The van der Waals surface area contributed by atoms with Crippen LogP contribution in [0.15, 0.2) is 48.5 Å². The number of hydrogen-bond acceptors (Lipinski definition) is 5. The summed E-state index contributed by atoms with van der Waals surface area (Å²) in [6.07, 6.45) is 4.22. The van der Waals surface area contributed by atoms with Crippen LogP contribution in [0.4, 0.5) is 0 Å². The molecular formula is C28H38N2O5. The van der Waals surface area contributed by atoms with E-state index in [1.54, 1.807) is 14.2 Å². The lowest BCUT2D eigenvalue weighted by atomic mass is 9.83. The number of rotatable bonds is 13. The lowest BCUT2D eigenvalue weighted by Gasteiger charge is -2.26. The minimum atomic E-state index is -0.818. The van der Waals surface area contributed by atoms with Crippen molar-refractivity contribution in [1.82, 2.24) is 10.2 Å². The van der Waals surface area contributed by atoms with Crippen molar-refractivity contribution >= 4 is 11.9 Å². The number of carbonyl (C=O) groups excluding carboxylic acids is 1. The van der Waals surface area contributed by atoms with Gasteiger partial charge < -0.3 is 19.9 Å². The zero-order valence-electron chi connectivity index (χ0n) is 21.0. The van der Waals surface area contributed by atoms with Crippen molar-refractivity contribution in [2.45, 2.75) is 51.0 Å². The summed E-state index contributed by atoms with van der Waals surface area (Å²) in [6.45, 7) is 3.47. The van der Waals surface area contributed by atoms with E-state index in [4.69, 9.17) is 9.47 Å². The predicted octanol–water partition coefficient (Wildman–Crippen LogP) is 4.11. The second kappa shape index (κ2) is 13.1. The molecule has 2 aromatic rings. The summed E-state index contributed by atoms with van der Waals surface area (Å²) in [4.78, 5) is 27.3. The van der Waals surface area contributed by atoms with E-state index < -0.39 is 11.9 Å². The van der Waals surface area contributed by atoms with Crippen LogP contribution in [0.5, 0.6) is 11.5 Å². The highest BCUT2D eigenvalue weighted by Gasteiger charge is 2.46. The Bertz CT molecular complexity index is 962. The number of carboxylic acid groups (broad SMARTS) is 1. The van der Waals surface area contributed by atoms with Gasteiger partial charge in [0, 0.05) is 25.0 Å². The molecule has 0 unspecified atom stereocenters. The van der Waals surface area contributed by atoms with Crippen LogP contribution < -0.4 is 14.8 Å². The topological polar surface area (TPSA) is 88.1 Å². The molecule has 1 amide bonds. The maximum absolute atomic E-state index is 12.7. The van der Waals surface area contributed by atoms with Crippen LogP contribution in [0.3, 0.4) is 0 Å². The Hall–Kier alpha value is -3.06. The monoisotopic (exact) mass is 482 g/mol. The molecule has 2 N–H and O–H groups in total. The van der Waals surface area contributed by atoms with Gasteiger partial charge >= 0.3 is 5.97 Å². The Morgan fingerprint density at radius 1 is 1.06 bits per heavy atom. The zero-order valence-corrected chi connectivity index (χ0v) is 21.0. The lowest BCUT2D eigenvalue weighted by Crippen LogP contribution is -2.42. The van der Waals surface area contributed by atoms with Crippen LogP contribution in [0.1, 0.15) is 49.7 Å². The third-order valence-corrected chi connectivity index (χ3v) is 6.92. The summed E-state index contributed by atoms with van der Waals surface area (Å²) >= 11 is 0. The van der Waals surface area contributed by atoms with Gasteiger partial charge in [-0.1, -0.05) is 43.7 Å². The quantitative estimate of drug-likeness (QED) is 0.418. The number of nitrogens with one attached hydrogen (secondary N) is 1. The van der Waals surface area contributed by atoms with Crippen molar-refractivity contribution in [2.24, 2.45) is 5.92 Å². The number of likely N-dealkylation sites (tertiary alicyclic amines) is 1. The average Bonchev–Trinajstić information content (AvgIpc) is 3.22. The van der Waals surface area contributed by atoms with Crippen molar-refractivity contribution in [2.75, 3.05) is 33.9 Å². The average molecular weight is 483 g/mol. The van der Waals surface area contributed by atoms with Gasteiger partial charge in [-0.15, -0.1) is 0 Å². The molecule has 0 spiro atoms. The molecule has 2 aromatic carbocycles. The largest absolute Gasteiger partial charge is 0.497 e. The standard InChI is InChI=1S/C28H38N2O5/c1-4-5-17-29-26(31)19-30-18-23(20-13-15-22(34-2)16-14-20)27(28(32)33)24(30)11-8-10-21-9-6-7-12-25(21)35-3/h6-7,9,12-16,23-24,27H,4-5,8,10-11,17-19H2,1-3H3,(H,29,31)(H,32,33)/t23-,24+,27-/m1/s1. The highest BCUT2D eigenvalue weighted by molar-refractivity contribution is 5.79. The summed E-state index contributed by atoms with van der Waals surface area (Å²) in [6, 6.07) is 15.3. The maximum atomic E-state index is 12.7. The van der Waals surface area contributed by atoms with E-state index in [2.05, 4.69) is 17.1 Å². The van der Waals surface area contributed by atoms with Gasteiger partial charge in [0.05, 0.1) is 26.7 Å². The molecule has 3 rings (SSSR count). The number of carbonyl (C=O) groups is 2. The maximum Gasteiger partial charge on any atom is 0.308 e. The molecule has 190 valence electrons. The summed E-state index contributed by atoms with van der Waals surface area (Å²) in [7, 11) is 3.27. The first-order chi connectivity index (χ1) is 17.0. The van der Waals surface area contributed by atoms with Crippen LogP contribution in [0.2, 0.25) is 0 Å². The van der Waals surface area contributed by atoms with E-state index in [-0.39, 0.29) is 24.4 Å². The van der Waals surface area contributed by atoms with Crippen LogP contribution in [0, 0.1) is 5.92 Å². The summed E-state index contributed by atoms with van der Waals surface area (Å²) in [5.41, 5.74) is 2.07. The van der Waals surface area contributed by atoms with Crippen molar-refractivity contribution in [3.8, 4) is 11.5 Å². The number of aryl methyl sites for hydroxylation is 1. The lowest BCUT2D eigenvalue weighted by molar-refractivity contribution is -0.143. The van der Waals surface area contributed by atoms with Gasteiger partial charge in [-0.2, -0.15) is 0 Å². The van der Waals surface area contributed by atoms with E-state index in [1.807, 2.05) is 48.5 Å². The highest BCUT2D eigenvalue weighted by Crippen LogP contribution is 2.40. The van der Waals surface area contributed by atoms with Crippen molar-refractivity contribution in [3.63, 3.8) is 0 Å². The fraction of sp³-hybridized carbons (Fsp3) is 0.500. The van der Waals surface area contributed by atoms with Crippen molar-refractivity contribution in [3.05, 3.63) is 59.7 Å². The molecule has 0 aliphatic carbocycles. The van der Waals surface area contributed by atoms with Crippen LogP contribution in [-0.4, -0.2) is 61.8 Å². The van der Waals surface area contributed by atoms with Gasteiger partial charge in [-0.25, -0.2) is 0 Å². The van der Waals surface area contributed by atoms with E-state index in [9.17, 15) is 14.7 Å². The molecule has 0 saturated carbocycles. The number of benzene rings is 2. The minimum absolute atomic E-state index is 0.0484. The van der Waals surface area contributed by atoms with Crippen molar-refractivity contribution < 1.29 is 24.2 Å². The number of methoxy groups -OCH3 is 2. The van der Waals surface area contributed by atoms with Gasteiger partial charge in [-0.3, -0.25) is 14.5 Å². The molecule has 35 heavy (non-hydrogen) atoms. The van der Waals surface area contributed by atoms with E-state index in [0.29, 0.717) is 19.5 Å². The molecule has 1 saturated heterocycles. The third kappa shape index (κ3) is 6.98. The Balaban J connectivity index is 1.79. The predicted molar refractivity (Wildman–Crippen MR) is 136 cm³/mol. The number of hydrogen-bond donors (Lipinski definition) is 2. The summed E-state index contributed by atoms with van der Waals surface area (Å²) in [5, 5.41) is 13.2. The second-order valence-electron chi connectivity index (χ2n) is 9.15. The Labute approximate surface area is 208 Å². The van der Waals surface area contributed by atoms with Gasteiger partial charge in [0.2, 0.25) is 5.91 Å². The molecule has 1 aliphatic rings. The summed E-state index contributed by atoms with van der Waals surface area (Å²) < 4.78 is 10.7. The number of ether oxygens (including phenoxy) is 2. The second-order valence-corrected chi connectivity index (χ2v) is 9.15. The smallest absolute Gasteiger partial charge is 0.308 e. The highest BCUT2D eigenvalue weighted by atomic mass is 16.5. The first-order valence-electron chi connectivity index (χ1n) is 12.5. The molecular weight excluding hydrogens is 444 g/mol. The number of carboxylic acids is 1. The number of para-hydroxylation sites is 1. The SMILES string of the molecule is CCCCNC(=O)CN1C[C@H](c2ccc(OC)cc2)[C@@H](C(=O)O)[C@@H]1CCCc1ccccc1OC. The molecule has 1 heterocycles. The van der Waals surface area contributed by atoms with Crippen LogP contribution >= 0.6 is 0 Å². The Morgan fingerprint density at radius 3 is 2.46 bits per heavy atom. The molecule has 3 atom stereocenters. The van der Waals surface area contributed by atoms with Gasteiger partial charge in [0.15, 0.2) is 0 Å². The first-order valence-corrected chi connectivity index (χ1v) is 12.5. The number of amides is 1. The van der Waals surface area contributed by atoms with E-state index >= 15 is 0 Å². The molecule has 0 radical (unpaired) electrons. The molecule has 0 aromatic heterocycles. The molecule has 1 fully saturated rings. The Morgan fingerprint density at radius 2 is 1.80 bits per heavy atom. The fourth-order valence-corrected chi connectivity index (χ4v) is 5.10. The number of unbranched alkanes of at least 4 members (excludes halogenated alkanes) is 1. The summed E-state index contributed by atoms with van der Waals surface area (Å²) in [5.74, 6) is -0.0755. The number of aliphatic carboxylic acids is 1. The minimum Gasteiger partial charge on any atom is -0.497 e. The first kappa shape index (κ1) is 26.5. The van der Waals surface area contributed by atoms with E-state index in [0.717, 1.165) is 48.3 Å². The normalized spacial score (nSPS) is 19.9. The van der Waals surface area contributed by atoms with Crippen molar-refractivity contribution in [1.29, 1.82) is 0 Å². The molecule has 7 heteroatoms. The van der Waals surface area contributed by atoms with Gasteiger partial charge in [-0.05, 0) is 55.0 Å². The zero-order chi connectivity index (χ0) is 25.2. The fourth-order valence-electron chi connectivity index (χ4n) is 5.10. The molecule has 1 aliphatic heterocycles. The van der Waals surface area contributed by atoms with Crippen LogP contribution in [0.25, 0.3) is 0 Å². The number of nitrogens with zero attached hydrogens (tertiary/aromatic N) is 1. The van der Waals surface area contributed by atoms with Gasteiger partial charge in [0.1, 0.15) is 11.5 Å².